The van der Waals surface area contributed by atoms with E-state index in [1.54, 1.807) is 7.05 Å². The molecule has 0 aromatic rings. The van der Waals surface area contributed by atoms with Crippen molar-refractivity contribution >= 4 is 5.96 Å². The third kappa shape index (κ3) is 2.85. The molecule has 1 aliphatic heterocycles. The first kappa shape index (κ1) is 11.3. The molecule has 5 nitrogen and oxygen atoms in total. The highest BCUT2D eigenvalue weighted by molar-refractivity contribution is 5.79. The smallest absolute Gasteiger partial charge is 0.208 e. The molecule has 1 atom stereocenters. The lowest BCUT2D eigenvalue weighted by molar-refractivity contribution is 0.0915. The molecule has 1 rings (SSSR count). The number of guanidine groups is 1. The Bertz CT molecular complexity index is 189. The van der Waals surface area contributed by atoms with Crippen LogP contribution in [0.15, 0.2) is 4.99 Å². The molecule has 3 N–H and O–H groups in total. The fourth-order valence-corrected chi connectivity index (χ4v) is 1.70. The Labute approximate surface area is 85.3 Å². The van der Waals surface area contributed by atoms with Crippen LogP contribution < -0.4 is 11.3 Å². The van der Waals surface area contributed by atoms with Crippen molar-refractivity contribution < 1.29 is 4.74 Å². The minimum atomic E-state index is 0.333. The minimum Gasteiger partial charge on any atom is -0.376 e. The van der Waals surface area contributed by atoms with Crippen molar-refractivity contribution in [2.75, 3.05) is 26.7 Å². The summed E-state index contributed by atoms with van der Waals surface area (Å²) in [4.78, 5) is 6.16. The van der Waals surface area contributed by atoms with Crippen LogP contribution >= 0.6 is 0 Å². The topological polar surface area (TPSA) is 62.9 Å². The Hall–Kier alpha value is -0.810. The summed E-state index contributed by atoms with van der Waals surface area (Å²) in [5, 5.41) is 0. The number of hydrogen-bond acceptors (Lipinski definition) is 3. The zero-order valence-corrected chi connectivity index (χ0v) is 8.99. The molecule has 5 heteroatoms. The number of aliphatic imine (C=N–C) groups is 1. The summed E-state index contributed by atoms with van der Waals surface area (Å²) in [6.07, 6.45) is 2.63. The Morgan fingerprint density at radius 1 is 1.71 bits per heavy atom. The third-order valence-corrected chi connectivity index (χ3v) is 2.47. The minimum absolute atomic E-state index is 0.333. The van der Waals surface area contributed by atoms with Crippen LogP contribution in [-0.4, -0.2) is 43.7 Å². The lowest BCUT2D eigenvalue weighted by atomic mass is 10.2. The highest BCUT2D eigenvalue weighted by atomic mass is 16.5. The van der Waals surface area contributed by atoms with Gasteiger partial charge in [-0.05, 0) is 19.8 Å². The van der Waals surface area contributed by atoms with Gasteiger partial charge in [0.2, 0.25) is 5.96 Å². The number of ether oxygens (including phenoxy) is 1. The lowest BCUT2D eigenvalue weighted by Crippen LogP contribution is -2.47. The molecule has 1 unspecified atom stereocenters. The summed E-state index contributed by atoms with van der Waals surface area (Å²) in [7, 11) is 1.73. The molecule has 0 aliphatic carbocycles. The van der Waals surface area contributed by atoms with Gasteiger partial charge in [0.15, 0.2) is 0 Å². The number of nitrogens with two attached hydrogens (primary N) is 1. The maximum absolute atomic E-state index is 5.56. The van der Waals surface area contributed by atoms with Gasteiger partial charge in [0, 0.05) is 26.7 Å². The molecule has 0 aromatic heterocycles. The van der Waals surface area contributed by atoms with Gasteiger partial charge >= 0.3 is 0 Å². The first-order valence-electron chi connectivity index (χ1n) is 5.11. The van der Waals surface area contributed by atoms with E-state index in [1.165, 1.54) is 0 Å². The summed E-state index contributed by atoms with van der Waals surface area (Å²) in [5.74, 6) is 6.10. The van der Waals surface area contributed by atoms with E-state index in [2.05, 4.69) is 22.2 Å². The monoisotopic (exact) mass is 200 g/mol. The normalized spacial score (nSPS) is 22.5. The van der Waals surface area contributed by atoms with E-state index < -0.39 is 0 Å². The number of hydrazine groups is 1. The molecule has 1 fully saturated rings. The number of nitrogens with zero attached hydrogens (tertiary/aromatic N) is 2. The van der Waals surface area contributed by atoms with Gasteiger partial charge in [0.05, 0.1) is 6.10 Å². The molecule has 1 saturated heterocycles. The molecule has 0 radical (unpaired) electrons. The molecular weight excluding hydrogens is 180 g/mol. The second-order valence-electron chi connectivity index (χ2n) is 3.37. The SMILES string of the molecule is CCN(CC1CCCO1)C(=NC)NN. The predicted molar refractivity (Wildman–Crippen MR) is 56.9 cm³/mol. The summed E-state index contributed by atoms with van der Waals surface area (Å²) >= 11 is 0. The molecule has 0 amide bonds. The van der Waals surface area contributed by atoms with Crippen molar-refractivity contribution in [2.24, 2.45) is 10.8 Å². The van der Waals surface area contributed by atoms with E-state index in [0.717, 1.165) is 38.5 Å². The number of nitrogens with one attached hydrogen (secondary N) is 1. The summed E-state index contributed by atoms with van der Waals surface area (Å²) in [6.45, 7) is 4.72. The average Bonchev–Trinajstić information content (AvgIpc) is 2.70. The van der Waals surface area contributed by atoms with Crippen LogP contribution in [0.25, 0.3) is 0 Å². The molecule has 0 bridgehead atoms. The first-order chi connectivity index (χ1) is 6.81. The van der Waals surface area contributed by atoms with Gasteiger partial charge in [-0.1, -0.05) is 0 Å². The standard InChI is InChI=1S/C9H20N4O/c1-3-13(9(11-2)12-10)7-8-5-4-6-14-8/h8H,3-7,10H2,1-2H3,(H,11,12). The molecule has 14 heavy (non-hydrogen) atoms. The molecule has 1 aliphatic rings. The van der Waals surface area contributed by atoms with Crippen molar-refractivity contribution in [3.05, 3.63) is 0 Å². The van der Waals surface area contributed by atoms with Crippen molar-refractivity contribution in [3.8, 4) is 0 Å². The number of likely N-dealkylation sites (N-methyl/N-ethyl adjacent to an activating group) is 1. The molecule has 0 spiro atoms. The zero-order valence-electron chi connectivity index (χ0n) is 8.99. The Balaban J connectivity index is 2.44. The molecular formula is C9H20N4O. The molecule has 0 aromatic carbocycles. The second-order valence-corrected chi connectivity index (χ2v) is 3.37. The van der Waals surface area contributed by atoms with E-state index in [-0.39, 0.29) is 0 Å². The summed E-state index contributed by atoms with van der Waals surface area (Å²) in [6, 6.07) is 0. The maximum Gasteiger partial charge on any atom is 0.208 e. The zero-order chi connectivity index (χ0) is 10.4. The van der Waals surface area contributed by atoms with Crippen LogP contribution in [0.4, 0.5) is 0 Å². The fraction of sp³-hybridized carbons (Fsp3) is 0.889. The number of rotatable bonds is 3. The van der Waals surface area contributed by atoms with E-state index in [4.69, 9.17) is 10.6 Å². The van der Waals surface area contributed by atoms with Crippen LogP contribution in [0.3, 0.4) is 0 Å². The quantitative estimate of drug-likeness (QED) is 0.290. The molecule has 1 heterocycles. The predicted octanol–water partition coefficient (Wildman–Crippen LogP) is -0.0636. The molecule has 0 saturated carbocycles. The summed E-state index contributed by atoms with van der Waals surface area (Å²) in [5.41, 5.74) is 2.60. The lowest BCUT2D eigenvalue weighted by Gasteiger charge is -2.26. The van der Waals surface area contributed by atoms with Gasteiger partial charge in [-0.2, -0.15) is 0 Å². The van der Waals surface area contributed by atoms with Gasteiger partial charge in [-0.3, -0.25) is 10.4 Å². The summed E-state index contributed by atoms with van der Waals surface area (Å²) < 4.78 is 5.56. The second kappa shape index (κ2) is 5.82. The third-order valence-electron chi connectivity index (χ3n) is 2.47. The number of hydrogen-bond donors (Lipinski definition) is 2. The van der Waals surface area contributed by atoms with Gasteiger partial charge in [-0.15, -0.1) is 0 Å². The Kier molecular flexibility index (Phi) is 4.69. The van der Waals surface area contributed by atoms with Crippen LogP contribution in [0.2, 0.25) is 0 Å². The Morgan fingerprint density at radius 2 is 2.50 bits per heavy atom. The van der Waals surface area contributed by atoms with Gasteiger partial charge in [0.25, 0.3) is 0 Å². The van der Waals surface area contributed by atoms with Crippen LogP contribution in [0, 0.1) is 0 Å². The highest BCUT2D eigenvalue weighted by Crippen LogP contribution is 2.13. The molecule has 82 valence electrons. The van der Waals surface area contributed by atoms with Crippen molar-refractivity contribution in [3.63, 3.8) is 0 Å². The van der Waals surface area contributed by atoms with Gasteiger partial charge < -0.3 is 9.64 Å². The van der Waals surface area contributed by atoms with Crippen molar-refractivity contribution in [1.29, 1.82) is 0 Å². The van der Waals surface area contributed by atoms with E-state index in [1.807, 2.05) is 0 Å². The average molecular weight is 200 g/mol. The van der Waals surface area contributed by atoms with Crippen LogP contribution in [0.1, 0.15) is 19.8 Å². The largest absolute Gasteiger partial charge is 0.376 e. The van der Waals surface area contributed by atoms with Crippen molar-refractivity contribution in [1.82, 2.24) is 10.3 Å². The van der Waals surface area contributed by atoms with Gasteiger partial charge in [0.1, 0.15) is 0 Å². The van der Waals surface area contributed by atoms with Crippen LogP contribution in [0.5, 0.6) is 0 Å². The van der Waals surface area contributed by atoms with E-state index >= 15 is 0 Å². The first-order valence-corrected chi connectivity index (χ1v) is 5.11. The fourth-order valence-electron chi connectivity index (χ4n) is 1.70. The Morgan fingerprint density at radius 3 is 2.93 bits per heavy atom. The van der Waals surface area contributed by atoms with E-state index in [9.17, 15) is 0 Å². The van der Waals surface area contributed by atoms with Gasteiger partial charge in [-0.25, -0.2) is 5.84 Å². The maximum atomic E-state index is 5.56. The van der Waals surface area contributed by atoms with Crippen LogP contribution in [-0.2, 0) is 4.74 Å². The van der Waals surface area contributed by atoms with Crippen molar-refractivity contribution in [2.45, 2.75) is 25.9 Å². The highest BCUT2D eigenvalue weighted by Gasteiger charge is 2.19. The van der Waals surface area contributed by atoms with E-state index in [0.29, 0.717) is 6.10 Å².